The Morgan fingerprint density at radius 2 is 1.68 bits per heavy atom. The molecule has 0 aromatic rings. The first-order valence-corrected chi connectivity index (χ1v) is 7.81. The van der Waals surface area contributed by atoms with Crippen molar-refractivity contribution in [2.24, 2.45) is 0 Å². The number of ether oxygens (including phenoxy) is 2. The highest BCUT2D eigenvalue weighted by atomic mass is 127. The molecule has 2 amide bonds. The zero-order chi connectivity index (χ0) is 17.5. The minimum Gasteiger partial charge on any atom is -0.444 e. The van der Waals surface area contributed by atoms with E-state index < -0.39 is 39.8 Å². The van der Waals surface area contributed by atoms with Gasteiger partial charge in [-0.05, 0) is 57.2 Å². The van der Waals surface area contributed by atoms with E-state index in [1.54, 1.807) is 43.4 Å². The van der Waals surface area contributed by atoms with Crippen LogP contribution in [0.2, 0.25) is 0 Å². The summed E-state index contributed by atoms with van der Waals surface area (Å²) in [6.07, 6.45) is 4.37. The maximum absolute atomic E-state index is 11.9. The summed E-state index contributed by atoms with van der Waals surface area (Å²) in [6, 6.07) is -1.76. The number of carbonyl (C=O) groups is 3. The van der Waals surface area contributed by atoms with Crippen molar-refractivity contribution in [1.82, 2.24) is 10.6 Å². The molecule has 3 atom stereocenters. The molecule has 0 aromatic heterocycles. The van der Waals surface area contributed by atoms with Crippen LogP contribution in [0, 0.1) is 12.3 Å². The van der Waals surface area contributed by atoms with E-state index in [1.165, 1.54) is 13.8 Å². The molecule has 0 fully saturated rings. The highest BCUT2D eigenvalue weighted by molar-refractivity contribution is 14.1. The number of hydrogen-bond donors (Lipinski definition) is 2. The van der Waals surface area contributed by atoms with Gasteiger partial charge in [0, 0.05) is 0 Å². The molecule has 7 nitrogen and oxygen atoms in total. The van der Waals surface area contributed by atoms with Crippen molar-refractivity contribution in [3.8, 4) is 12.3 Å². The molecule has 1 unspecified atom stereocenters. The summed E-state index contributed by atoms with van der Waals surface area (Å²) in [5.41, 5.74) is -0.665. The van der Waals surface area contributed by atoms with E-state index in [2.05, 4.69) is 16.6 Å². The average molecular weight is 424 g/mol. The number of alkyl halides is 1. The quantitative estimate of drug-likeness (QED) is 0.301. The van der Waals surface area contributed by atoms with Crippen molar-refractivity contribution in [2.45, 2.75) is 56.4 Å². The molecule has 0 spiro atoms. The molecule has 0 aliphatic carbocycles. The van der Waals surface area contributed by atoms with E-state index in [0.717, 1.165) is 0 Å². The Morgan fingerprint density at radius 1 is 1.14 bits per heavy atom. The predicted octanol–water partition coefficient (Wildman–Crippen LogP) is 1.34. The zero-order valence-electron chi connectivity index (χ0n) is 13.2. The Bertz CT molecular complexity index is 467. The molecule has 0 aliphatic heterocycles. The van der Waals surface area contributed by atoms with Gasteiger partial charge in [-0.2, -0.15) is 0 Å². The summed E-state index contributed by atoms with van der Waals surface area (Å²) in [5.74, 6) is 1.03. The van der Waals surface area contributed by atoms with Crippen LogP contribution in [0.4, 0.5) is 4.79 Å². The summed E-state index contributed by atoms with van der Waals surface area (Å²) < 4.78 is 9.20. The maximum Gasteiger partial charge on any atom is 0.408 e. The predicted molar refractivity (Wildman–Crippen MR) is 89.2 cm³/mol. The van der Waals surface area contributed by atoms with Gasteiger partial charge in [-0.1, -0.05) is 5.92 Å². The number of rotatable bonds is 5. The van der Waals surface area contributed by atoms with Gasteiger partial charge < -0.3 is 20.1 Å². The number of hydrogen-bond acceptors (Lipinski definition) is 5. The maximum atomic E-state index is 11.9. The molecule has 22 heavy (non-hydrogen) atoms. The van der Waals surface area contributed by atoms with Gasteiger partial charge >= 0.3 is 12.1 Å². The fourth-order valence-electron chi connectivity index (χ4n) is 1.19. The highest BCUT2D eigenvalue weighted by Gasteiger charge is 2.24. The molecule has 0 heterocycles. The van der Waals surface area contributed by atoms with E-state index >= 15 is 0 Å². The molecule has 0 aliphatic rings. The number of esters is 1. The molecule has 0 aromatic carbocycles. The topological polar surface area (TPSA) is 93.7 Å². The lowest BCUT2D eigenvalue weighted by Crippen LogP contribution is -2.50. The average Bonchev–Trinajstić information content (AvgIpc) is 2.35. The largest absolute Gasteiger partial charge is 0.444 e. The minimum absolute atomic E-state index is 0.541. The summed E-state index contributed by atoms with van der Waals surface area (Å²) in [6.45, 7) is 8.06. The van der Waals surface area contributed by atoms with Crippen molar-refractivity contribution in [1.29, 1.82) is 0 Å². The van der Waals surface area contributed by atoms with Gasteiger partial charge in [0.05, 0.1) is 0 Å². The minimum atomic E-state index is -0.888. The Labute approximate surface area is 144 Å². The number of carbonyl (C=O) groups excluding carboxylic acids is 3. The number of alkyl carbamates (subject to hydrolysis) is 1. The number of terminal acetylenes is 1. The Morgan fingerprint density at radius 3 is 2.14 bits per heavy atom. The summed E-state index contributed by atoms with van der Waals surface area (Å²) >= 11 is 1.76. The highest BCUT2D eigenvalue weighted by Crippen LogP contribution is 2.07. The second-order valence-corrected chi connectivity index (χ2v) is 6.65. The van der Waals surface area contributed by atoms with Crippen molar-refractivity contribution >= 4 is 40.6 Å². The second kappa shape index (κ2) is 8.82. The van der Waals surface area contributed by atoms with E-state index in [4.69, 9.17) is 15.9 Å². The lowest BCUT2D eigenvalue weighted by Gasteiger charge is -2.22. The van der Waals surface area contributed by atoms with E-state index in [1.807, 2.05) is 0 Å². The Balaban J connectivity index is 4.39. The van der Waals surface area contributed by atoms with Crippen LogP contribution in [0.15, 0.2) is 0 Å². The Kier molecular flexibility index (Phi) is 8.22. The van der Waals surface area contributed by atoms with Gasteiger partial charge in [0.25, 0.3) is 0 Å². The molecule has 0 radical (unpaired) electrons. The Hall–Kier alpha value is -1.50. The van der Waals surface area contributed by atoms with E-state index in [9.17, 15) is 14.4 Å². The molecule has 0 bridgehead atoms. The van der Waals surface area contributed by atoms with Crippen LogP contribution in [0.5, 0.6) is 0 Å². The number of halogens is 1. The fraction of sp³-hybridized carbons (Fsp3) is 0.643. The van der Waals surface area contributed by atoms with Gasteiger partial charge in [0.15, 0.2) is 0 Å². The van der Waals surface area contributed by atoms with Crippen LogP contribution in [0.25, 0.3) is 0 Å². The first-order chi connectivity index (χ1) is 9.96. The molecule has 0 saturated carbocycles. The molecule has 0 rings (SSSR count). The molecule has 124 valence electrons. The van der Waals surface area contributed by atoms with Crippen molar-refractivity contribution < 1.29 is 23.9 Å². The van der Waals surface area contributed by atoms with Crippen molar-refractivity contribution in [2.75, 3.05) is 0 Å². The zero-order valence-corrected chi connectivity index (χ0v) is 15.4. The lowest BCUT2D eigenvalue weighted by atomic mass is 10.2. The summed E-state index contributed by atoms with van der Waals surface area (Å²) in [7, 11) is 0. The van der Waals surface area contributed by atoms with Gasteiger partial charge in [-0.3, -0.25) is 4.79 Å². The van der Waals surface area contributed by atoms with Gasteiger partial charge in [-0.25, -0.2) is 9.59 Å². The molecule has 0 saturated heterocycles. The third-order valence-corrected chi connectivity index (χ3v) is 2.80. The van der Waals surface area contributed by atoms with Gasteiger partial charge in [0.1, 0.15) is 17.7 Å². The molecular formula is C14H21IN2O5. The lowest BCUT2D eigenvalue weighted by molar-refractivity contribution is -0.146. The van der Waals surface area contributed by atoms with Crippen molar-refractivity contribution in [3.63, 3.8) is 0 Å². The summed E-state index contributed by atoms with van der Waals surface area (Å²) in [4.78, 5) is 35.1. The smallest absolute Gasteiger partial charge is 0.408 e. The first kappa shape index (κ1) is 20.5. The number of nitrogens with one attached hydrogen (secondary N) is 2. The van der Waals surface area contributed by atoms with Crippen LogP contribution in [-0.2, 0) is 19.1 Å². The number of amides is 2. The van der Waals surface area contributed by atoms with E-state index in [0.29, 0.717) is 0 Å². The SMILES string of the molecule is C#CC(I)OC(=O)[C@H](C)NC(=O)[C@@H](C)NC(=O)OC(C)(C)C. The van der Waals surface area contributed by atoms with Gasteiger partial charge in [-0.15, -0.1) is 6.42 Å². The van der Waals surface area contributed by atoms with Crippen LogP contribution in [0.3, 0.4) is 0 Å². The van der Waals surface area contributed by atoms with Crippen LogP contribution in [-0.4, -0.2) is 39.8 Å². The molecule has 8 heteroatoms. The van der Waals surface area contributed by atoms with E-state index in [-0.39, 0.29) is 0 Å². The van der Waals surface area contributed by atoms with Crippen molar-refractivity contribution in [3.05, 3.63) is 0 Å². The third-order valence-electron chi connectivity index (χ3n) is 2.19. The third kappa shape index (κ3) is 8.71. The van der Waals surface area contributed by atoms with Crippen LogP contribution >= 0.6 is 22.6 Å². The monoisotopic (exact) mass is 424 g/mol. The normalized spacial score (nSPS) is 14.8. The van der Waals surface area contributed by atoms with Crippen LogP contribution in [0.1, 0.15) is 34.6 Å². The standard InChI is InChI=1S/C14H21IN2O5/c1-7-10(15)21-12(19)9(3)16-11(18)8(2)17-13(20)22-14(4,5)6/h1,8-10H,2-6H3,(H,16,18)(H,17,20)/t8-,9+,10?/m1/s1. The van der Waals surface area contributed by atoms with Crippen LogP contribution < -0.4 is 10.6 Å². The van der Waals surface area contributed by atoms with Gasteiger partial charge in [0.2, 0.25) is 10.0 Å². The molecule has 2 N–H and O–H groups in total. The molecular weight excluding hydrogens is 403 g/mol. The first-order valence-electron chi connectivity index (χ1n) is 6.57. The second-order valence-electron chi connectivity index (χ2n) is 5.52. The summed E-state index contributed by atoms with van der Waals surface area (Å²) in [5, 5.41) is 4.79. The fourth-order valence-corrected chi connectivity index (χ4v) is 1.44.